The fourth-order valence-electron chi connectivity index (χ4n) is 5.55. The molecule has 0 aromatic carbocycles. The van der Waals surface area contributed by atoms with Gasteiger partial charge in [-0.05, 0) is 75.6 Å². The molecule has 6 heteroatoms. The molecule has 2 aromatic heterocycles. The van der Waals surface area contributed by atoms with Crippen molar-refractivity contribution in [2.24, 2.45) is 11.8 Å². The molecule has 1 N–H and O–H groups in total. The number of nitrogens with one attached hydrogen (secondary N) is 1. The summed E-state index contributed by atoms with van der Waals surface area (Å²) in [6.07, 6.45) is 8.41. The van der Waals surface area contributed by atoms with Gasteiger partial charge >= 0.3 is 0 Å². The van der Waals surface area contributed by atoms with Crippen LogP contribution in [0.25, 0.3) is 11.3 Å². The van der Waals surface area contributed by atoms with E-state index in [2.05, 4.69) is 39.2 Å². The van der Waals surface area contributed by atoms with Gasteiger partial charge in [0.2, 0.25) is 0 Å². The van der Waals surface area contributed by atoms with Gasteiger partial charge in [-0.15, -0.1) is 10.2 Å². The summed E-state index contributed by atoms with van der Waals surface area (Å²) in [5.41, 5.74) is 1.89. The van der Waals surface area contributed by atoms with E-state index in [9.17, 15) is 0 Å². The van der Waals surface area contributed by atoms with E-state index in [0.29, 0.717) is 12.1 Å². The third-order valence-corrected chi connectivity index (χ3v) is 6.94. The van der Waals surface area contributed by atoms with Crippen LogP contribution in [0.2, 0.25) is 0 Å². The summed E-state index contributed by atoms with van der Waals surface area (Å²) >= 11 is 0. The van der Waals surface area contributed by atoms with Crippen molar-refractivity contribution < 1.29 is 4.74 Å². The molecule has 6 nitrogen and oxygen atoms in total. The quantitative estimate of drug-likeness (QED) is 0.856. The van der Waals surface area contributed by atoms with Crippen LogP contribution in [0, 0.1) is 11.8 Å². The van der Waals surface area contributed by atoms with Crippen LogP contribution in [0.3, 0.4) is 0 Å². The minimum absolute atomic E-state index is 0.0331. The van der Waals surface area contributed by atoms with Crippen LogP contribution in [0.1, 0.15) is 39.5 Å². The lowest BCUT2D eigenvalue weighted by Crippen LogP contribution is -2.45. The number of fused-ring (bicyclic) bond motifs is 1. The van der Waals surface area contributed by atoms with E-state index in [1.807, 2.05) is 30.5 Å². The maximum Gasteiger partial charge on any atom is 0.148 e. The van der Waals surface area contributed by atoms with Gasteiger partial charge in [0.05, 0.1) is 11.3 Å². The van der Waals surface area contributed by atoms with Gasteiger partial charge in [-0.25, -0.2) is 0 Å². The number of pyridine rings is 1. The molecule has 0 amide bonds. The Morgan fingerprint density at radius 2 is 1.93 bits per heavy atom. The lowest BCUT2D eigenvalue weighted by molar-refractivity contribution is -0.0811. The Balaban J connectivity index is 1.15. The molecule has 5 rings (SSSR count). The third kappa shape index (κ3) is 4.14. The SMILES string of the molecule is CC1(C)CC(N2C[C@H]3C[C@@H](Nc4ccc(-c5cccnc5)nn4)C[C@H]3C2)CCO1. The average Bonchev–Trinajstić information content (AvgIpc) is 3.27. The number of aromatic nitrogens is 3. The molecular weight excluding hydrogens is 362 g/mol. The Hall–Kier alpha value is -2.05. The Morgan fingerprint density at radius 1 is 1.10 bits per heavy atom. The standard InChI is InChI=1S/C23H31N5O/c1-23(2)12-20(7-9-29-23)28-14-17-10-19(11-18(17)15-28)25-22-6-5-21(26-27-22)16-4-3-8-24-13-16/h3-6,8,13,17-20H,7,9-12,14-15H2,1-2H3,(H,25,27)/t17-,18+,19-,20?. The highest BCUT2D eigenvalue weighted by Gasteiger charge is 2.44. The van der Waals surface area contributed by atoms with Crippen LogP contribution >= 0.6 is 0 Å². The summed E-state index contributed by atoms with van der Waals surface area (Å²) in [5, 5.41) is 12.4. The Kier molecular flexibility index (Phi) is 5.00. The first-order valence-electron chi connectivity index (χ1n) is 10.9. The number of anilines is 1. The zero-order chi connectivity index (χ0) is 19.8. The van der Waals surface area contributed by atoms with Crippen LogP contribution in [0.5, 0.6) is 0 Å². The number of nitrogens with zero attached hydrogens (tertiary/aromatic N) is 4. The highest BCUT2D eigenvalue weighted by molar-refractivity contribution is 5.58. The van der Waals surface area contributed by atoms with Gasteiger partial charge in [0, 0.05) is 49.7 Å². The summed E-state index contributed by atoms with van der Waals surface area (Å²) in [5.74, 6) is 2.49. The van der Waals surface area contributed by atoms with Crippen LogP contribution in [0.15, 0.2) is 36.7 Å². The first-order valence-corrected chi connectivity index (χ1v) is 10.9. The number of hydrogen-bond acceptors (Lipinski definition) is 6. The zero-order valence-electron chi connectivity index (χ0n) is 17.4. The van der Waals surface area contributed by atoms with Crippen molar-refractivity contribution in [2.75, 3.05) is 25.0 Å². The Bertz CT molecular complexity index is 811. The van der Waals surface area contributed by atoms with Crippen molar-refractivity contribution in [1.82, 2.24) is 20.1 Å². The number of likely N-dealkylation sites (tertiary alicyclic amines) is 1. The fraction of sp³-hybridized carbons (Fsp3) is 0.609. The van der Waals surface area contributed by atoms with E-state index in [-0.39, 0.29) is 5.60 Å². The molecule has 2 aromatic rings. The van der Waals surface area contributed by atoms with Gasteiger partial charge in [0.1, 0.15) is 5.82 Å². The molecule has 0 spiro atoms. The van der Waals surface area contributed by atoms with Crippen molar-refractivity contribution >= 4 is 5.82 Å². The van der Waals surface area contributed by atoms with Gasteiger partial charge in [-0.2, -0.15) is 0 Å². The second-order valence-corrected chi connectivity index (χ2v) is 9.59. The minimum Gasteiger partial charge on any atom is -0.375 e. The van der Waals surface area contributed by atoms with Crippen molar-refractivity contribution in [2.45, 2.75) is 57.2 Å². The molecule has 1 aliphatic carbocycles. The third-order valence-electron chi connectivity index (χ3n) is 6.94. The molecular formula is C23H31N5O. The predicted molar refractivity (Wildman–Crippen MR) is 114 cm³/mol. The van der Waals surface area contributed by atoms with Gasteiger partial charge in [0.25, 0.3) is 0 Å². The number of ether oxygens (including phenoxy) is 1. The van der Waals surface area contributed by atoms with Crippen LogP contribution in [-0.2, 0) is 4.74 Å². The second kappa shape index (κ2) is 7.65. The Labute approximate surface area is 173 Å². The molecule has 4 atom stereocenters. The molecule has 2 saturated heterocycles. The molecule has 1 saturated carbocycles. The van der Waals surface area contributed by atoms with Crippen LogP contribution in [-0.4, -0.2) is 57.5 Å². The molecule has 4 heterocycles. The molecule has 3 fully saturated rings. The topological polar surface area (TPSA) is 63.2 Å². The summed E-state index contributed by atoms with van der Waals surface area (Å²) < 4.78 is 5.92. The van der Waals surface area contributed by atoms with E-state index >= 15 is 0 Å². The van der Waals surface area contributed by atoms with Crippen molar-refractivity contribution in [3.63, 3.8) is 0 Å². The largest absolute Gasteiger partial charge is 0.375 e. The van der Waals surface area contributed by atoms with E-state index < -0.39 is 0 Å². The first-order chi connectivity index (χ1) is 14.1. The van der Waals surface area contributed by atoms with Gasteiger partial charge in [-0.3, -0.25) is 9.88 Å². The van der Waals surface area contributed by atoms with E-state index in [1.54, 1.807) is 6.20 Å². The van der Waals surface area contributed by atoms with Crippen molar-refractivity contribution in [1.29, 1.82) is 0 Å². The van der Waals surface area contributed by atoms with E-state index in [1.165, 1.54) is 32.4 Å². The molecule has 2 aliphatic heterocycles. The number of hydrogen-bond donors (Lipinski definition) is 1. The molecule has 29 heavy (non-hydrogen) atoms. The van der Waals surface area contributed by atoms with E-state index in [4.69, 9.17) is 4.74 Å². The predicted octanol–water partition coefficient (Wildman–Crippen LogP) is 3.62. The smallest absolute Gasteiger partial charge is 0.148 e. The average molecular weight is 394 g/mol. The fourth-order valence-corrected chi connectivity index (χ4v) is 5.55. The maximum absolute atomic E-state index is 5.92. The molecule has 3 aliphatic rings. The summed E-state index contributed by atoms with van der Waals surface area (Å²) in [7, 11) is 0. The van der Waals surface area contributed by atoms with Gasteiger partial charge < -0.3 is 10.1 Å². The lowest BCUT2D eigenvalue weighted by Gasteiger charge is -2.40. The second-order valence-electron chi connectivity index (χ2n) is 9.59. The maximum atomic E-state index is 5.92. The zero-order valence-corrected chi connectivity index (χ0v) is 17.4. The van der Waals surface area contributed by atoms with Crippen LogP contribution in [0.4, 0.5) is 5.82 Å². The van der Waals surface area contributed by atoms with Crippen molar-refractivity contribution in [3.05, 3.63) is 36.7 Å². The monoisotopic (exact) mass is 393 g/mol. The first kappa shape index (κ1) is 18.9. The van der Waals surface area contributed by atoms with E-state index in [0.717, 1.165) is 41.9 Å². The molecule has 1 unspecified atom stereocenters. The molecule has 0 radical (unpaired) electrons. The summed E-state index contributed by atoms with van der Waals surface area (Å²) in [6, 6.07) is 9.20. The van der Waals surface area contributed by atoms with Crippen LogP contribution < -0.4 is 5.32 Å². The van der Waals surface area contributed by atoms with Gasteiger partial charge in [-0.1, -0.05) is 0 Å². The molecule has 0 bridgehead atoms. The highest BCUT2D eigenvalue weighted by atomic mass is 16.5. The van der Waals surface area contributed by atoms with Gasteiger partial charge in [0.15, 0.2) is 0 Å². The van der Waals surface area contributed by atoms with Crippen molar-refractivity contribution in [3.8, 4) is 11.3 Å². The molecule has 154 valence electrons. The normalized spacial score (nSPS) is 31.5. The summed E-state index contributed by atoms with van der Waals surface area (Å²) in [4.78, 5) is 6.90. The number of rotatable bonds is 4. The Morgan fingerprint density at radius 3 is 2.59 bits per heavy atom. The lowest BCUT2D eigenvalue weighted by atomic mass is 9.93. The summed E-state index contributed by atoms with van der Waals surface area (Å²) in [6.45, 7) is 7.86. The highest BCUT2D eigenvalue weighted by Crippen LogP contribution is 2.41. The minimum atomic E-state index is 0.0331.